The predicted molar refractivity (Wildman–Crippen MR) is 90.0 cm³/mol. The highest BCUT2D eigenvalue weighted by Crippen LogP contribution is 2.34. The first kappa shape index (κ1) is 15.3. The molecule has 2 aromatic carbocycles. The van der Waals surface area contributed by atoms with Gasteiger partial charge in [0.25, 0.3) is 0 Å². The van der Waals surface area contributed by atoms with Crippen molar-refractivity contribution >= 4 is 12.0 Å². The van der Waals surface area contributed by atoms with Crippen molar-refractivity contribution in [3.8, 4) is 11.5 Å². The number of rotatable bonds is 4. The second-order valence-electron chi connectivity index (χ2n) is 5.47. The Balaban J connectivity index is 1.87. The number of ether oxygens (including phenoxy) is 2. The number of ketones is 1. The normalized spacial score (nSPS) is 17.1. The smallest absolute Gasteiger partial charge is 0.187 e. The molecule has 3 rings (SSSR count). The van der Waals surface area contributed by atoms with Crippen molar-refractivity contribution < 1.29 is 14.3 Å². The molecule has 1 unspecified atom stereocenters. The number of aryl methyl sites for hydroxylation is 1. The summed E-state index contributed by atoms with van der Waals surface area (Å²) in [4.78, 5) is 17.2. The lowest BCUT2D eigenvalue weighted by Gasteiger charge is -2.22. The number of benzene rings is 2. The number of nitrogens with zero attached hydrogens (tertiary/aromatic N) is 1. The second-order valence-corrected chi connectivity index (χ2v) is 5.47. The first-order valence-electron chi connectivity index (χ1n) is 7.60. The number of fused-ring (bicyclic) bond motifs is 1. The van der Waals surface area contributed by atoms with Gasteiger partial charge < -0.3 is 9.47 Å². The van der Waals surface area contributed by atoms with Gasteiger partial charge in [-0.15, -0.1) is 0 Å². The van der Waals surface area contributed by atoms with Crippen LogP contribution in [0.5, 0.6) is 11.5 Å². The van der Waals surface area contributed by atoms with E-state index in [-0.39, 0.29) is 11.8 Å². The first-order valence-corrected chi connectivity index (χ1v) is 7.60. The number of carbonyl (C=O) groups is 1. The Morgan fingerprint density at radius 1 is 1.09 bits per heavy atom. The van der Waals surface area contributed by atoms with Crippen LogP contribution in [0.2, 0.25) is 0 Å². The fraction of sp³-hybridized carbons (Fsp3) is 0.263. The van der Waals surface area contributed by atoms with Crippen LogP contribution in [0.3, 0.4) is 0 Å². The van der Waals surface area contributed by atoms with Crippen LogP contribution in [-0.2, 0) is 6.42 Å². The lowest BCUT2D eigenvalue weighted by atomic mass is 9.87. The lowest BCUT2D eigenvalue weighted by Crippen LogP contribution is -2.26. The number of carbonyl (C=O) groups excluding carboxylic acids is 1. The number of hydrogen-bond donors (Lipinski definition) is 0. The first-order chi connectivity index (χ1) is 11.2. The quantitative estimate of drug-likeness (QED) is 0.814. The molecule has 0 saturated heterocycles. The molecule has 1 aliphatic rings. The minimum Gasteiger partial charge on any atom is -0.493 e. The number of Topliss-reactive ketones (excluding diaryl/α,β-unsaturated/α-hetero) is 1. The van der Waals surface area contributed by atoms with Crippen LogP contribution in [0.4, 0.5) is 0 Å². The molecule has 1 aliphatic carbocycles. The molecular formula is C19H19NO3. The maximum Gasteiger partial charge on any atom is 0.187 e. The summed E-state index contributed by atoms with van der Waals surface area (Å²) in [5, 5.41) is 0. The van der Waals surface area contributed by atoms with Gasteiger partial charge in [-0.1, -0.05) is 30.3 Å². The summed E-state index contributed by atoms with van der Waals surface area (Å²) >= 11 is 0. The Labute approximate surface area is 135 Å². The maximum absolute atomic E-state index is 12.7. The van der Waals surface area contributed by atoms with E-state index in [1.807, 2.05) is 36.4 Å². The van der Waals surface area contributed by atoms with Gasteiger partial charge in [0.2, 0.25) is 0 Å². The number of methoxy groups -OCH3 is 2. The average Bonchev–Trinajstić information content (AvgIpc) is 2.61. The summed E-state index contributed by atoms with van der Waals surface area (Å²) in [5.74, 6) is 1.27. The summed E-state index contributed by atoms with van der Waals surface area (Å²) in [5.41, 5.74) is 2.68. The highest BCUT2D eigenvalue weighted by atomic mass is 16.5. The largest absolute Gasteiger partial charge is 0.493 e. The van der Waals surface area contributed by atoms with Crippen molar-refractivity contribution in [3.63, 3.8) is 0 Å². The van der Waals surface area contributed by atoms with Gasteiger partial charge in [-0.2, -0.15) is 0 Å². The summed E-state index contributed by atoms with van der Waals surface area (Å²) < 4.78 is 10.6. The standard InChI is InChI=1S/C19H19NO3/c1-22-17-10-14-8-9-16(19(21)15(14)11-18(17)23-2)20-12-13-6-4-3-5-7-13/h3-7,10-12,16H,8-9H2,1-2H3. The van der Waals surface area contributed by atoms with Crippen molar-refractivity contribution in [1.29, 1.82) is 0 Å². The van der Waals surface area contributed by atoms with E-state index < -0.39 is 0 Å². The molecule has 118 valence electrons. The fourth-order valence-electron chi connectivity index (χ4n) is 2.82. The van der Waals surface area contributed by atoms with Gasteiger partial charge in [-0.05, 0) is 36.1 Å². The molecule has 0 aliphatic heterocycles. The molecule has 0 heterocycles. The van der Waals surface area contributed by atoms with Crippen LogP contribution in [0.25, 0.3) is 0 Å². The van der Waals surface area contributed by atoms with Gasteiger partial charge in [0.15, 0.2) is 17.3 Å². The highest BCUT2D eigenvalue weighted by Gasteiger charge is 2.28. The van der Waals surface area contributed by atoms with Crippen molar-refractivity contribution in [1.82, 2.24) is 0 Å². The Kier molecular flexibility index (Phi) is 4.42. The molecular weight excluding hydrogens is 290 g/mol. The lowest BCUT2D eigenvalue weighted by molar-refractivity contribution is 0.0949. The Hall–Kier alpha value is -2.62. The molecule has 0 radical (unpaired) electrons. The molecule has 0 spiro atoms. The van der Waals surface area contributed by atoms with E-state index in [2.05, 4.69) is 4.99 Å². The minimum absolute atomic E-state index is 0.0411. The molecule has 0 N–H and O–H groups in total. The fourth-order valence-corrected chi connectivity index (χ4v) is 2.82. The van der Waals surface area contributed by atoms with Gasteiger partial charge >= 0.3 is 0 Å². The van der Waals surface area contributed by atoms with Gasteiger partial charge in [0.05, 0.1) is 14.2 Å². The third-order valence-corrected chi connectivity index (χ3v) is 4.07. The van der Waals surface area contributed by atoms with Crippen molar-refractivity contribution in [2.75, 3.05) is 14.2 Å². The van der Waals surface area contributed by atoms with Crippen LogP contribution in [0.15, 0.2) is 47.5 Å². The summed E-state index contributed by atoms with van der Waals surface area (Å²) in [6, 6.07) is 13.1. The molecule has 4 nitrogen and oxygen atoms in total. The van der Waals surface area contributed by atoms with E-state index in [1.54, 1.807) is 26.5 Å². The molecule has 0 bridgehead atoms. The van der Waals surface area contributed by atoms with Gasteiger partial charge in [-0.25, -0.2) is 0 Å². The van der Waals surface area contributed by atoms with Gasteiger partial charge in [0.1, 0.15) is 6.04 Å². The monoisotopic (exact) mass is 309 g/mol. The van der Waals surface area contributed by atoms with E-state index in [0.717, 1.165) is 17.5 Å². The Morgan fingerprint density at radius 3 is 2.48 bits per heavy atom. The van der Waals surface area contributed by atoms with E-state index in [0.29, 0.717) is 23.5 Å². The summed E-state index contributed by atoms with van der Waals surface area (Å²) in [6.45, 7) is 0. The van der Waals surface area contributed by atoms with Crippen LogP contribution in [-0.4, -0.2) is 32.3 Å². The molecule has 4 heteroatoms. The van der Waals surface area contributed by atoms with Crippen LogP contribution in [0, 0.1) is 0 Å². The molecule has 23 heavy (non-hydrogen) atoms. The zero-order valence-corrected chi connectivity index (χ0v) is 13.3. The zero-order valence-electron chi connectivity index (χ0n) is 13.3. The maximum atomic E-state index is 12.7. The van der Waals surface area contributed by atoms with Crippen molar-refractivity contribution in [3.05, 3.63) is 59.2 Å². The summed E-state index contributed by atoms with van der Waals surface area (Å²) in [6.07, 6.45) is 3.29. The highest BCUT2D eigenvalue weighted by molar-refractivity contribution is 6.04. The molecule has 1 atom stereocenters. The third kappa shape index (κ3) is 3.11. The molecule has 0 saturated carbocycles. The number of aliphatic imine (C=N–C) groups is 1. The molecule has 2 aromatic rings. The average molecular weight is 309 g/mol. The van der Waals surface area contributed by atoms with E-state index in [1.165, 1.54) is 0 Å². The van der Waals surface area contributed by atoms with E-state index in [4.69, 9.17) is 9.47 Å². The van der Waals surface area contributed by atoms with Crippen LogP contribution < -0.4 is 9.47 Å². The van der Waals surface area contributed by atoms with Gasteiger partial charge in [0, 0.05) is 11.8 Å². The molecule has 0 fully saturated rings. The summed E-state index contributed by atoms with van der Waals surface area (Å²) in [7, 11) is 3.17. The molecule has 0 aromatic heterocycles. The Morgan fingerprint density at radius 2 is 1.78 bits per heavy atom. The van der Waals surface area contributed by atoms with Gasteiger partial charge in [-0.3, -0.25) is 9.79 Å². The topological polar surface area (TPSA) is 47.9 Å². The third-order valence-electron chi connectivity index (χ3n) is 4.07. The van der Waals surface area contributed by atoms with E-state index >= 15 is 0 Å². The SMILES string of the molecule is COc1cc2c(cc1OC)C(=O)C(N=Cc1ccccc1)CC2. The van der Waals surface area contributed by atoms with E-state index in [9.17, 15) is 4.79 Å². The second kappa shape index (κ2) is 6.65. The number of hydrogen-bond acceptors (Lipinski definition) is 4. The minimum atomic E-state index is -0.333. The van der Waals surface area contributed by atoms with Crippen LogP contribution in [0.1, 0.15) is 27.9 Å². The zero-order chi connectivity index (χ0) is 16.2. The van der Waals surface area contributed by atoms with Crippen LogP contribution >= 0.6 is 0 Å². The van der Waals surface area contributed by atoms with Crippen molar-refractivity contribution in [2.24, 2.45) is 4.99 Å². The molecule has 0 amide bonds. The van der Waals surface area contributed by atoms with Crippen molar-refractivity contribution in [2.45, 2.75) is 18.9 Å². The Bertz CT molecular complexity index is 738. The predicted octanol–water partition coefficient (Wildman–Crippen LogP) is 3.32.